The van der Waals surface area contributed by atoms with Crippen LogP contribution < -0.4 is 15.4 Å². The first kappa shape index (κ1) is 31.1. The molecule has 1 aromatic carbocycles. The number of nitriles is 1. The predicted octanol–water partition coefficient (Wildman–Crippen LogP) is 6.51. The highest BCUT2D eigenvalue weighted by Crippen LogP contribution is 2.39. The number of ether oxygens (including phenoxy) is 3. The highest BCUT2D eigenvalue weighted by atomic mass is 28.3. The first-order valence-electron chi connectivity index (χ1n) is 14.2. The van der Waals surface area contributed by atoms with Gasteiger partial charge >= 0.3 is 6.03 Å². The second-order valence-electron chi connectivity index (χ2n) is 12.4. The minimum atomic E-state index is -1.30. The predicted molar refractivity (Wildman–Crippen MR) is 164 cm³/mol. The molecule has 0 atom stereocenters. The molecule has 4 heterocycles. The second-order valence-corrected chi connectivity index (χ2v) is 18.0. The number of carbonyl (C=O) groups excluding carboxylic acids is 1. The number of pyridine rings is 2. The zero-order valence-electron chi connectivity index (χ0n) is 25.0. The minimum absolute atomic E-state index is 0.0642. The number of anilines is 1. The molecule has 0 bridgehead atoms. The lowest BCUT2D eigenvalue weighted by molar-refractivity contribution is -0.0974. The third-order valence-electron chi connectivity index (χ3n) is 7.18. The Labute approximate surface area is 255 Å². The summed E-state index contributed by atoms with van der Waals surface area (Å²) in [4.78, 5) is 21.0. The highest BCUT2D eigenvalue weighted by molar-refractivity contribution is 6.76. The van der Waals surface area contributed by atoms with Crippen molar-refractivity contribution in [2.45, 2.75) is 39.3 Å². The quantitative estimate of drug-likeness (QED) is 0.145. The molecular formula is C31H34F2N6O4Si. The molecular weight excluding hydrogens is 586 g/mol. The average molecular weight is 621 g/mol. The molecule has 2 N–H and O–H groups in total. The summed E-state index contributed by atoms with van der Waals surface area (Å²) in [6.07, 6.45) is 4.85. The first-order chi connectivity index (χ1) is 20.9. The van der Waals surface area contributed by atoms with E-state index < -0.39 is 31.5 Å². The van der Waals surface area contributed by atoms with E-state index in [0.717, 1.165) is 18.2 Å². The number of aromatic nitrogens is 3. The van der Waals surface area contributed by atoms with Crippen LogP contribution in [0.4, 0.5) is 19.3 Å². The third kappa shape index (κ3) is 7.21. The normalized spacial score (nSPS) is 14.1. The van der Waals surface area contributed by atoms with Crippen LogP contribution in [0.3, 0.4) is 0 Å². The molecule has 1 saturated heterocycles. The molecule has 10 nitrogen and oxygen atoms in total. The van der Waals surface area contributed by atoms with Gasteiger partial charge in [-0.3, -0.25) is 0 Å². The zero-order valence-corrected chi connectivity index (χ0v) is 26.0. The summed E-state index contributed by atoms with van der Waals surface area (Å²) in [5.41, 5.74) is 1.80. The summed E-state index contributed by atoms with van der Waals surface area (Å²) in [6.45, 7) is 11.0. The van der Waals surface area contributed by atoms with E-state index in [2.05, 4.69) is 40.2 Å². The molecule has 4 aromatic rings. The van der Waals surface area contributed by atoms with Gasteiger partial charge in [-0.05, 0) is 24.2 Å². The van der Waals surface area contributed by atoms with Gasteiger partial charge in [0.2, 0.25) is 0 Å². The largest absolute Gasteiger partial charge is 0.450 e. The maximum Gasteiger partial charge on any atom is 0.319 e. The Balaban J connectivity index is 1.43. The Hall–Kier alpha value is -4.38. The Morgan fingerprint density at radius 1 is 1.18 bits per heavy atom. The van der Waals surface area contributed by atoms with Crippen LogP contribution in [0, 0.1) is 28.4 Å². The van der Waals surface area contributed by atoms with Gasteiger partial charge in [-0.15, -0.1) is 0 Å². The minimum Gasteiger partial charge on any atom is -0.450 e. The number of nitrogens with zero attached hydrogens (tertiary/aromatic N) is 4. The van der Waals surface area contributed by atoms with Crippen molar-refractivity contribution >= 4 is 30.8 Å². The monoisotopic (exact) mass is 620 g/mol. The second kappa shape index (κ2) is 12.7. The summed E-state index contributed by atoms with van der Waals surface area (Å²) < 4.78 is 49.3. The molecule has 1 fully saturated rings. The van der Waals surface area contributed by atoms with Gasteiger partial charge < -0.3 is 29.4 Å². The van der Waals surface area contributed by atoms with Crippen molar-refractivity contribution in [3.63, 3.8) is 0 Å². The lowest BCUT2D eigenvalue weighted by Gasteiger charge is -2.37. The molecule has 230 valence electrons. The van der Waals surface area contributed by atoms with Crippen molar-refractivity contribution in [2.24, 2.45) is 5.41 Å². The van der Waals surface area contributed by atoms with Gasteiger partial charge in [-0.2, -0.15) is 5.26 Å². The van der Waals surface area contributed by atoms with Crippen molar-refractivity contribution in [2.75, 3.05) is 31.7 Å². The molecule has 3 aromatic heterocycles. The van der Waals surface area contributed by atoms with Crippen LogP contribution in [0.25, 0.3) is 22.2 Å². The highest BCUT2D eigenvalue weighted by Gasteiger charge is 2.33. The third-order valence-corrected chi connectivity index (χ3v) is 8.88. The Bertz CT molecular complexity index is 1690. The maximum atomic E-state index is 15.3. The number of halogens is 2. The number of hydrogen-bond donors (Lipinski definition) is 2. The fourth-order valence-corrected chi connectivity index (χ4v) is 5.37. The Morgan fingerprint density at radius 3 is 2.55 bits per heavy atom. The molecule has 0 radical (unpaired) electrons. The van der Waals surface area contributed by atoms with Crippen molar-refractivity contribution in [3.8, 4) is 28.7 Å². The molecule has 0 unspecified atom stereocenters. The molecule has 0 spiro atoms. The van der Waals surface area contributed by atoms with Gasteiger partial charge in [-0.1, -0.05) is 26.6 Å². The number of rotatable bonds is 11. The van der Waals surface area contributed by atoms with Gasteiger partial charge in [0.05, 0.1) is 18.6 Å². The molecule has 0 saturated carbocycles. The summed E-state index contributed by atoms with van der Waals surface area (Å²) in [5, 5.41) is 14.8. The van der Waals surface area contributed by atoms with E-state index in [1.807, 2.05) is 19.2 Å². The van der Waals surface area contributed by atoms with E-state index in [-0.39, 0.29) is 29.3 Å². The summed E-state index contributed by atoms with van der Waals surface area (Å²) in [5.74, 6) is -2.48. The molecule has 44 heavy (non-hydrogen) atoms. The van der Waals surface area contributed by atoms with E-state index >= 15 is 8.78 Å². The standard InChI is InChI=1S/C31H34F2N6O4Si/c1-31(17-42-18-31)16-37-30(40)38-22-11-24(32)28(25(33)12-22)43-26-7-8-35-29-27(26)23(20-5-6-21(13-34)36-14-20)15-39(29)19-41-9-10-44(2,3)4/h5-8,11-12,14-15H,9-10,16-19H2,1-4H3,(H2,37,38,40). The molecule has 0 aliphatic carbocycles. The summed E-state index contributed by atoms with van der Waals surface area (Å²) in [6, 6.07) is 9.22. The molecule has 2 amide bonds. The van der Waals surface area contributed by atoms with Gasteiger partial charge in [0.1, 0.15) is 29.9 Å². The van der Waals surface area contributed by atoms with Gasteiger partial charge in [0.15, 0.2) is 17.4 Å². The van der Waals surface area contributed by atoms with Gasteiger partial charge in [0.25, 0.3) is 0 Å². The number of amides is 2. The lowest BCUT2D eigenvalue weighted by Crippen LogP contribution is -2.49. The number of urea groups is 1. The van der Waals surface area contributed by atoms with Crippen molar-refractivity contribution in [3.05, 3.63) is 66.3 Å². The number of nitrogens with one attached hydrogen (secondary N) is 2. The number of benzene rings is 1. The van der Waals surface area contributed by atoms with Gasteiger partial charge in [0, 0.05) is 74.2 Å². The molecule has 1 aliphatic heterocycles. The van der Waals surface area contributed by atoms with Crippen LogP contribution in [-0.4, -0.2) is 55.0 Å². The zero-order chi connectivity index (χ0) is 31.5. The van der Waals surface area contributed by atoms with E-state index in [0.29, 0.717) is 48.5 Å². The van der Waals surface area contributed by atoms with Crippen LogP contribution in [0.15, 0.2) is 48.9 Å². The number of carbonyl (C=O) groups is 1. The number of hydrogen-bond acceptors (Lipinski definition) is 7. The Kier molecular flexibility index (Phi) is 8.96. The number of fused-ring (bicyclic) bond motifs is 1. The Morgan fingerprint density at radius 2 is 1.93 bits per heavy atom. The van der Waals surface area contributed by atoms with E-state index in [4.69, 9.17) is 14.2 Å². The van der Waals surface area contributed by atoms with Crippen LogP contribution in [0.2, 0.25) is 25.7 Å². The molecule has 13 heteroatoms. The average Bonchev–Trinajstić information content (AvgIpc) is 3.34. The fourth-order valence-electron chi connectivity index (χ4n) is 4.61. The topological polar surface area (TPSA) is 123 Å². The molecule has 5 rings (SSSR count). The lowest BCUT2D eigenvalue weighted by atomic mass is 9.89. The summed E-state index contributed by atoms with van der Waals surface area (Å²) in [7, 11) is -1.30. The van der Waals surface area contributed by atoms with E-state index in [1.54, 1.807) is 22.9 Å². The van der Waals surface area contributed by atoms with Crippen LogP contribution in [0.5, 0.6) is 11.5 Å². The fraction of sp³-hybridized carbons (Fsp3) is 0.355. The first-order valence-corrected chi connectivity index (χ1v) is 17.9. The van der Waals surface area contributed by atoms with Gasteiger partial charge in [-0.25, -0.2) is 23.5 Å². The van der Waals surface area contributed by atoms with Crippen molar-refractivity contribution in [1.82, 2.24) is 19.9 Å². The summed E-state index contributed by atoms with van der Waals surface area (Å²) >= 11 is 0. The van der Waals surface area contributed by atoms with E-state index in [9.17, 15) is 10.1 Å². The van der Waals surface area contributed by atoms with Crippen molar-refractivity contribution in [1.29, 1.82) is 5.26 Å². The van der Waals surface area contributed by atoms with Crippen LogP contribution >= 0.6 is 0 Å². The van der Waals surface area contributed by atoms with Crippen molar-refractivity contribution < 1.29 is 27.8 Å². The smallest absolute Gasteiger partial charge is 0.319 e. The van der Waals surface area contributed by atoms with Crippen LogP contribution in [0.1, 0.15) is 12.6 Å². The van der Waals surface area contributed by atoms with Crippen LogP contribution in [-0.2, 0) is 16.2 Å². The maximum absolute atomic E-state index is 15.3. The molecule has 1 aliphatic rings. The van der Waals surface area contributed by atoms with E-state index in [1.165, 1.54) is 12.3 Å². The SMILES string of the molecule is CC1(CNC(=O)Nc2cc(F)c(Oc3ccnc4c3c(-c3ccc(C#N)nc3)cn4COCC[Si](C)(C)C)c(F)c2)COC1.